The van der Waals surface area contributed by atoms with Crippen molar-refractivity contribution in [1.29, 1.82) is 0 Å². The Morgan fingerprint density at radius 3 is 2.80 bits per heavy atom. The van der Waals surface area contributed by atoms with Gasteiger partial charge in [0.1, 0.15) is 0 Å². The van der Waals surface area contributed by atoms with Crippen LogP contribution >= 0.6 is 0 Å². The molecule has 0 radical (unpaired) electrons. The van der Waals surface area contributed by atoms with Crippen molar-refractivity contribution >= 4 is 11.5 Å². The van der Waals surface area contributed by atoms with Crippen molar-refractivity contribution in [1.82, 2.24) is 0 Å². The molecule has 0 unspecified atom stereocenters. The maximum atomic E-state index is 11.0. The van der Waals surface area contributed by atoms with Crippen LogP contribution in [-0.2, 0) is 11.4 Å². The number of nitrogens with zero attached hydrogens (tertiary/aromatic N) is 1. The Balaban J connectivity index is 2.29. The highest BCUT2D eigenvalue weighted by atomic mass is 16.3. The number of hydrogen-bond donors (Lipinski definition) is 1. The second-order valence-electron chi connectivity index (χ2n) is 3.51. The van der Waals surface area contributed by atoms with E-state index in [4.69, 9.17) is 0 Å². The second-order valence-corrected chi connectivity index (χ2v) is 3.51. The van der Waals surface area contributed by atoms with E-state index in [0.29, 0.717) is 13.0 Å². The Morgan fingerprint density at radius 2 is 2.13 bits per heavy atom. The van der Waals surface area contributed by atoms with Crippen LogP contribution in [0.2, 0.25) is 0 Å². The number of carbonyl (C=O) groups excluding carboxylic acids is 1. The molecule has 0 aliphatic carbocycles. The van der Waals surface area contributed by atoms with Gasteiger partial charge in [0.25, 0.3) is 0 Å². The zero-order valence-electron chi connectivity index (χ0n) is 8.39. The van der Waals surface area contributed by atoms with E-state index in [2.05, 4.69) is 0 Å². The Bertz CT molecular complexity index is 398. The Labute approximate surface area is 88.6 Å². The molecule has 0 saturated carbocycles. The molecule has 0 aromatic heterocycles. The third-order valence-corrected chi connectivity index (χ3v) is 2.51. The van der Waals surface area contributed by atoms with Crippen LogP contribution < -0.4 is 4.90 Å². The fourth-order valence-electron chi connectivity index (χ4n) is 1.69. The highest BCUT2D eigenvalue weighted by Gasteiger charge is 2.13. The van der Waals surface area contributed by atoms with Gasteiger partial charge in [0, 0.05) is 30.4 Å². The third-order valence-electron chi connectivity index (χ3n) is 2.51. The number of aliphatic hydroxyl groups excluding tert-OH is 1. The standard InChI is InChI=1S/C12H13NO2/c14-9-10-3-1-2-4-12(10)13-7-5-11(15)6-8-13/h1-5,7,14H,6,8-9H2. The Hall–Kier alpha value is -1.61. The average molecular weight is 203 g/mol. The molecule has 1 N–H and O–H groups in total. The molecule has 78 valence electrons. The topological polar surface area (TPSA) is 40.5 Å². The van der Waals surface area contributed by atoms with E-state index < -0.39 is 0 Å². The zero-order chi connectivity index (χ0) is 10.7. The van der Waals surface area contributed by atoms with Gasteiger partial charge in [0.05, 0.1) is 6.61 Å². The molecule has 0 atom stereocenters. The normalized spacial score (nSPS) is 15.8. The van der Waals surface area contributed by atoms with Gasteiger partial charge in [-0.3, -0.25) is 4.79 Å². The number of carbonyl (C=O) groups is 1. The molecule has 1 heterocycles. The van der Waals surface area contributed by atoms with E-state index in [9.17, 15) is 9.90 Å². The Kier molecular flexibility index (Phi) is 2.83. The number of anilines is 1. The third kappa shape index (κ3) is 2.07. The van der Waals surface area contributed by atoms with Crippen molar-refractivity contribution in [2.75, 3.05) is 11.4 Å². The molecule has 3 heteroatoms. The summed E-state index contributed by atoms with van der Waals surface area (Å²) in [7, 11) is 0. The summed E-state index contributed by atoms with van der Waals surface area (Å²) >= 11 is 0. The first-order valence-electron chi connectivity index (χ1n) is 4.97. The lowest BCUT2D eigenvalue weighted by atomic mass is 10.1. The van der Waals surface area contributed by atoms with Crippen LogP contribution in [0.4, 0.5) is 5.69 Å². The lowest BCUT2D eigenvalue weighted by Gasteiger charge is -2.24. The molecular weight excluding hydrogens is 190 g/mol. The number of rotatable bonds is 2. The second kappa shape index (κ2) is 4.28. The van der Waals surface area contributed by atoms with Gasteiger partial charge in [-0.15, -0.1) is 0 Å². The molecule has 1 aliphatic rings. The SMILES string of the molecule is O=C1C=CN(c2ccccc2CO)CC1. The maximum absolute atomic E-state index is 11.0. The van der Waals surface area contributed by atoms with Gasteiger partial charge in [-0.1, -0.05) is 18.2 Å². The number of hydrogen-bond acceptors (Lipinski definition) is 3. The predicted octanol–water partition coefficient (Wildman–Crippen LogP) is 1.47. The molecule has 15 heavy (non-hydrogen) atoms. The summed E-state index contributed by atoms with van der Waals surface area (Å²) in [4.78, 5) is 13.0. The zero-order valence-corrected chi connectivity index (χ0v) is 8.39. The molecule has 0 spiro atoms. The lowest BCUT2D eigenvalue weighted by Crippen LogP contribution is -2.24. The monoisotopic (exact) mass is 203 g/mol. The molecule has 2 rings (SSSR count). The number of benzene rings is 1. The van der Waals surface area contributed by atoms with Crippen LogP contribution in [0.15, 0.2) is 36.5 Å². The van der Waals surface area contributed by atoms with Crippen LogP contribution in [0.1, 0.15) is 12.0 Å². The molecule has 0 fully saturated rings. The largest absolute Gasteiger partial charge is 0.392 e. The van der Waals surface area contributed by atoms with Crippen molar-refractivity contribution in [3.8, 4) is 0 Å². The lowest BCUT2D eigenvalue weighted by molar-refractivity contribution is -0.114. The summed E-state index contributed by atoms with van der Waals surface area (Å²) in [5, 5.41) is 9.18. The van der Waals surface area contributed by atoms with Crippen LogP contribution in [-0.4, -0.2) is 17.4 Å². The summed E-state index contributed by atoms with van der Waals surface area (Å²) in [5.74, 6) is 0.160. The van der Waals surface area contributed by atoms with Crippen molar-refractivity contribution < 1.29 is 9.90 Å². The van der Waals surface area contributed by atoms with E-state index in [0.717, 1.165) is 11.3 Å². The van der Waals surface area contributed by atoms with Crippen LogP contribution in [0.3, 0.4) is 0 Å². The number of ketones is 1. The molecule has 1 aromatic rings. The minimum absolute atomic E-state index is 0.0223. The molecule has 3 nitrogen and oxygen atoms in total. The fourth-order valence-corrected chi connectivity index (χ4v) is 1.69. The molecule has 0 amide bonds. The number of allylic oxidation sites excluding steroid dienone is 1. The summed E-state index contributed by atoms with van der Waals surface area (Å²) in [5.41, 5.74) is 1.86. The molecule has 0 saturated heterocycles. The molecular formula is C12H13NO2. The van der Waals surface area contributed by atoms with E-state index >= 15 is 0 Å². The molecule has 0 bridgehead atoms. The summed E-state index contributed by atoms with van der Waals surface area (Å²) in [6.07, 6.45) is 3.90. The fraction of sp³-hybridized carbons (Fsp3) is 0.250. The van der Waals surface area contributed by atoms with Gasteiger partial charge in [-0.25, -0.2) is 0 Å². The van der Waals surface area contributed by atoms with Crippen molar-refractivity contribution in [3.63, 3.8) is 0 Å². The highest BCUT2D eigenvalue weighted by Crippen LogP contribution is 2.22. The smallest absolute Gasteiger partial charge is 0.158 e. The van der Waals surface area contributed by atoms with Crippen molar-refractivity contribution in [2.45, 2.75) is 13.0 Å². The summed E-state index contributed by atoms with van der Waals surface area (Å²) in [6.45, 7) is 0.709. The summed E-state index contributed by atoms with van der Waals surface area (Å²) < 4.78 is 0. The van der Waals surface area contributed by atoms with Crippen LogP contribution in [0.25, 0.3) is 0 Å². The average Bonchev–Trinajstić information content (AvgIpc) is 2.30. The molecule has 1 aromatic carbocycles. The molecule has 1 aliphatic heterocycles. The van der Waals surface area contributed by atoms with Gasteiger partial charge in [0.2, 0.25) is 0 Å². The van der Waals surface area contributed by atoms with Crippen molar-refractivity contribution in [2.24, 2.45) is 0 Å². The van der Waals surface area contributed by atoms with Gasteiger partial charge in [0.15, 0.2) is 5.78 Å². The van der Waals surface area contributed by atoms with E-state index in [1.165, 1.54) is 0 Å². The van der Waals surface area contributed by atoms with E-state index in [1.807, 2.05) is 29.2 Å². The minimum atomic E-state index is 0.0223. The van der Waals surface area contributed by atoms with Gasteiger partial charge >= 0.3 is 0 Å². The highest BCUT2D eigenvalue weighted by molar-refractivity contribution is 5.91. The predicted molar refractivity (Wildman–Crippen MR) is 58.5 cm³/mol. The van der Waals surface area contributed by atoms with E-state index in [-0.39, 0.29) is 12.4 Å². The number of para-hydroxylation sites is 1. The number of aliphatic hydroxyl groups is 1. The first-order chi connectivity index (χ1) is 7.31. The maximum Gasteiger partial charge on any atom is 0.158 e. The van der Waals surface area contributed by atoms with Crippen LogP contribution in [0.5, 0.6) is 0 Å². The van der Waals surface area contributed by atoms with E-state index in [1.54, 1.807) is 12.3 Å². The quantitative estimate of drug-likeness (QED) is 0.791. The van der Waals surface area contributed by atoms with Crippen LogP contribution in [0, 0.1) is 0 Å². The first kappa shape index (κ1) is 9.93. The first-order valence-corrected chi connectivity index (χ1v) is 4.97. The Morgan fingerprint density at radius 1 is 1.33 bits per heavy atom. The summed E-state index contributed by atoms with van der Waals surface area (Å²) in [6, 6.07) is 7.66. The van der Waals surface area contributed by atoms with Gasteiger partial charge in [-0.05, 0) is 12.1 Å². The van der Waals surface area contributed by atoms with Gasteiger partial charge in [-0.2, -0.15) is 0 Å². The van der Waals surface area contributed by atoms with Crippen molar-refractivity contribution in [3.05, 3.63) is 42.1 Å². The minimum Gasteiger partial charge on any atom is -0.392 e. The van der Waals surface area contributed by atoms with Gasteiger partial charge < -0.3 is 10.0 Å².